The number of hydrogen-bond donors (Lipinski definition) is 1. The highest BCUT2D eigenvalue weighted by atomic mass is 32.2. The van der Waals surface area contributed by atoms with Gasteiger partial charge in [0.15, 0.2) is 9.84 Å². The molecule has 0 aliphatic carbocycles. The van der Waals surface area contributed by atoms with Crippen LogP contribution in [0.15, 0.2) is 41.3 Å². The van der Waals surface area contributed by atoms with Gasteiger partial charge in [0.25, 0.3) is 0 Å². The highest BCUT2D eigenvalue weighted by Crippen LogP contribution is 2.36. The second kappa shape index (κ2) is 7.89. The topological polar surface area (TPSA) is 107 Å². The molecule has 0 saturated heterocycles. The number of halogens is 2. The summed E-state index contributed by atoms with van der Waals surface area (Å²) in [5, 5.41) is 12.2. The number of fused-ring (bicyclic) bond motifs is 1. The van der Waals surface area contributed by atoms with Crippen LogP contribution in [0.2, 0.25) is 0 Å². The number of nitrogens with zero attached hydrogens (tertiary/aromatic N) is 5. The Labute approximate surface area is 184 Å². The molecule has 32 heavy (non-hydrogen) atoms. The Bertz CT molecular complexity index is 1250. The fourth-order valence-electron chi connectivity index (χ4n) is 3.58. The molecule has 0 spiro atoms. The molecule has 1 aliphatic heterocycles. The zero-order valence-corrected chi connectivity index (χ0v) is 18.8. The predicted molar refractivity (Wildman–Crippen MR) is 116 cm³/mol. The van der Waals surface area contributed by atoms with Crippen molar-refractivity contribution < 1.29 is 17.2 Å². The molecule has 0 fully saturated rings. The molecule has 4 rings (SSSR count). The summed E-state index contributed by atoms with van der Waals surface area (Å²) in [6, 6.07) is 7.62. The van der Waals surface area contributed by atoms with Crippen LogP contribution >= 0.6 is 0 Å². The van der Waals surface area contributed by atoms with Crippen molar-refractivity contribution in [2.75, 3.05) is 17.2 Å². The molecule has 8 nitrogen and oxygen atoms in total. The lowest BCUT2D eigenvalue weighted by Crippen LogP contribution is -2.39. The van der Waals surface area contributed by atoms with E-state index in [9.17, 15) is 12.8 Å². The first-order chi connectivity index (χ1) is 14.9. The second-order valence-electron chi connectivity index (χ2n) is 8.92. The van der Waals surface area contributed by atoms with E-state index in [4.69, 9.17) is 5.73 Å². The van der Waals surface area contributed by atoms with Crippen LogP contribution in [0.3, 0.4) is 0 Å². The van der Waals surface area contributed by atoms with Crippen molar-refractivity contribution in [2.24, 2.45) is 5.73 Å². The maximum absolute atomic E-state index is 15.1. The van der Waals surface area contributed by atoms with Crippen LogP contribution in [0.1, 0.15) is 26.3 Å². The van der Waals surface area contributed by atoms with Gasteiger partial charge in [-0.3, -0.25) is 0 Å². The van der Waals surface area contributed by atoms with Crippen molar-refractivity contribution in [3.05, 3.63) is 53.6 Å². The minimum Gasteiger partial charge on any atom is -0.365 e. The van der Waals surface area contributed by atoms with Crippen molar-refractivity contribution in [2.45, 2.75) is 43.8 Å². The molecule has 170 valence electrons. The van der Waals surface area contributed by atoms with Crippen LogP contribution < -0.4 is 10.6 Å². The Kier molecular flexibility index (Phi) is 5.49. The third-order valence-corrected chi connectivity index (χ3v) is 7.02. The first-order valence-electron chi connectivity index (χ1n) is 10.1. The number of anilines is 1. The highest BCUT2D eigenvalue weighted by molar-refractivity contribution is 7.91. The van der Waals surface area contributed by atoms with Crippen molar-refractivity contribution >= 4 is 15.5 Å². The summed E-state index contributed by atoms with van der Waals surface area (Å²) in [6.07, 6.45) is 0. The van der Waals surface area contributed by atoms with Crippen LogP contribution in [-0.2, 0) is 21.9 Å². The van der Waals surface area contributed by atoms with Gasteiger partial charge < -0.3 is 10.6 Å². The highest BCUT2D eigenvalue weighted by Gasteiger charge is 2.32. The smallest absolute Gasteiger partial charge is 0.207 e. The van der Waals surface area contributed by atoms with E-state index in [1.54, 1.807) is 17.0 Å². The van der Waals surface area contributed by atoms with Crippen molar-refractivity contribution in [1.82, 2.24) is 20.2 Å². The van der Waals surface area contributed by atoms with Crippen molar-refractivity contribution in [3.63, 3.8) is 0 Å². The summed E-state index contributed by atoms with van der Waals surface area (Å²) in [5.41, 5.74) is 6.71. The molecule has 1 atom stereocenters. The Morgan fingerprint density at radius 3 is 2.47 bits per heavy atom. The molecule has 3 aromatic rings. The van der Waals surface area contributed by atoms with E-state index < -0.39 is 27.2 Å². The second-order valence-corrected chi connectivity index (χ2v) is 10.9. The normalized spacial score (nSPS) is 18.3. The van der Waals surface area contributed by atoms with Crippen molar-refractivity contribution in [1.29, 1.82) is 0 Å². The number of sulfone groups is 1. The van der Waals surface area contributed by atoms with Crippen LogP contribution in [0.4, 0.5) is 14.5 Å². The van der Waals surface area contributed by atoms with E-state index >= 15 is 4.39 Å². The van der Waals surface area contributed by atoms with Gasteiger partial charge in [-0.15, -0.1) is 10.2 Å². The number of hydrogen-bond acceptors (Lipinski definition) is 7. The van der Waals surface area contributed by atoms with Gasteiger partial charge in [0.1, 0.15) is 11.6 Å². The fraction of sp³-hybridized carbons (Fsp3) is 0.381. The van der Waals surface area contributed by atoms with Gasteiger partial charge in [-0.2, -0.15) is 4.80 Å². The zero-order chi connectivity index (χ0) is 23.3. The maximum atomic E-state index is 15.1. The molecule has 2 aromatic carbocycles. The molecule has 0 unspecified atom stereocenters. The fourth-order valence-corrected chi connectivity index (χ4v) is 5.22. The minimum atomic E-state index is -3.83. The van der Waals surface area contributed by atoms with Gasteiger partial charge in [-0.1, -0.05) is 12.1 Å². The molecule has 2 heterocycles. The summed E-state index contributed by atoms with van der Waals surface area (Å²) in [4.78, 5) is 2.99. The molecule has 2 N–H and O–H groups in total. The average molecular weight is 463 g/mol. The van der Waals surface area contributed by atoms with Crippen molar-refractivity contribution in [3.8, 4) is 11.4 Å². The quantitative estimate of drug-likeness (QED) is 0.637. The first-order valence-corrected chi connectivity index (χ1v) is 11.7. The number of rotatable bonds is 3. The Hall–Kier alpha value is -2.92. The lowest BCUT2D eigenvalue weighted by Gasteiger charge is -2.26. The average Bonchev–Trinajstić information content (AvgIpc) is 3.16. The molecule has 1 aromatic heterocycles. The predicted octanol–water partition coefficient (Wildman–Crippen LogP) is 2.49. The van der Waals surface area contributed by atoms with Crippen LogP contribution in [0.25, 0.3) is 11.4 Å². The summed E-state index contributed by atoms with van der Waals surface area (Å²) in [6.45, 7) is 6.12. The minimum absolute atomic E-state index is 0.0361. The van der Waals surface area contributed by atoms with Gasteiger partial charge in [0.05, 0.1) is 27.4 Å². The Morgan fingerprint density at radius 1 is 1.16 bits per heavy atom. The van der Waals surface area contributed by atoms with Crippen LogP contribution in [-0.4, -0.2) is 47.0 Å². The van der Waals surface area contributed by atoms with Gasteiger partial charge in [0.2, 0.25) is 5.82 Å². The lowest BCUT2D eigenvalue weighted by molar-refractivity contribution is 0.306. The number of aromatic nitrogens is 4. The SMILES string of the molecule is CC(C)(C)n1nnc(-c2cc3c(cc2F)S(=O)(=O)C[C@H](N)CN3Cc2ccc(F)cc2)n1. The summed E-state index contributed by atoms with van der Waals surface area (Å²) >= 11 is 0. The van der Waals surface area contributed by atoms with E-state index in [1.807, 2.05) is 20.8 Å². The third kappa shape index (κ3) is 4.35. The monoisotopic (exact) mass is 462 g/mol. The Morgan fingerprint density at radius 2 is 1.84 bits per heavy atom. The number of benzene rings is 2. The maximum Gasteiger partial charge on any atom is 0.207 e. The third-order valence-electron chi connectivity index (χ3n) is 5.15. The molecule has 0 amide bonds. The van der Waals surface area contributed by atoms with Gasteiger partial charge in [0, 0.05) is 19.1 Å². The van der Waals surface area contributed by atoms with E-state index in [1.165, 1.54) is 23.0 Å². The zero-order valence-electron chi connectivity index (χ0n) is 18.0. The van der Waals surface area contributed by atoms with Crippen LogP contribution in [0, 0.1) is 11.6 Å². The van der Waals surface area contributed by atoms with Gasteiger partial charge in [-0.25, -0.2) is 17.2 Å². The summed E-state index contributed by atoms with van der Waals surface area (Å²) in [5.74, 6) is -1.40. The molecule has 11 heteroatoms. The molecular weight excluding hydrogens is 438 g/mol. The van der Waals surface area contributed by atoms with Gasteiger partial charge in [-0.05, 0) is 55.8 Å². The van der Waals surface area contributed by atoms with E-state index in [2.05, 4.69) is 15.4 Å². The molecular formula is C21H24F2N6O2S. The molecule has 0 saturated carbocycles. The van der Waals surface area contributed by atoms with E-state index in [-0.39, 0.29) is 40.9 Å². The number of tetrazole rings is 1. The molecule has 0 bridgehead atoms. The molecule has 0 radical (unpaired) electrons. The lowest BCUT2D eigenvalue weighted by atomic mass is 10.1. The van der Waals surface area contributed by atoms with Gasteiger partial charge >= 0.3 is 0 Å². The standard InChI is InChI=1S/C21H24F2N6O2S/c1-21(2,3)29-26-20(25-27-29)16-8-18-19(9-17(16)23)32(30,31)12-15(24)11-28(18)10-13-4-6-14(22)7-5-13/h4-9,15H,10-12,24H2,1-3H3/t15-/m1/s1. The summed E-state index contributed by atoms with van der Waals surface area (Å²) in [7, 11) is -3.83. The number of nitrogens with two attached hydrogens (primary N) is 1. The van der Waals surface area contributed by atoms with E-state index in [0.717, 1.165) is 11.6 Å². The summed E-state index contributed by atoms with van der Waals surface area (Å²) < 4.78 is 54.2. The Balaban J connectivity index is 1.84. The molecule has 1 aliphatic rings. The first kappa shape index (κ1) is 22.3. The van der Waals surface area contributed by atoms with E-state index in [0.29, 0.717) is 5.69 Å². The largest absolute Gasteiger partial charge is 0.365 e. The van der Waals surface area contributed by atoms with Crippen LogP contribution in [0.5, 0.6) is 0 Å².